The molecular weight excluding hydrogens is 306 g/mol. The van der Waals surface area contributed by atoms with E-state index in [9.17, 15) is 14.4 Å². The van der Waals surface area contributed by atoms with Crippen LogP contribution in [-0.4, -0.2) is 30.3 Å². The number of rotatable bonds is 6. The normalized spacial score (nSPS) is 14.0. The molecule has 1 fully saturated rings. The average molecular weight is 331 g/mol. The van der Waals surface area contributed by atoms with Gasteiger partial charge in [0.05, 0.1) is 0 Å². The molecule has 1 aromatic rings. The van der Waals surface area contributed by atoms with Gasteiger partial charge in [-0.25, -0.2) is 0 Å². The van der Waals surface area contributed by atoms with E-state index in [1.165, 1.54) is 0 Å². The monoisotopic (exact) mass is 331 g/mol. The van der Waals surface area contributed by atoms with Crippen molar-refractivity contribution >= 4 is 23.4 Å². The van der Waals surface area contributed by atoms with Crippen molar-refractivity contribution in [3.8, 4) is 0 Å². The van der Waals surface area contributed by atoms with E-state index < -0.39 is 5.41 Å². The molecule has 130 valence electrons. The molecule has 1 aliphatic rings. The highest BCUT2D eigenvalue weighted by atomic mass is 16.2. The number of anilines is 1. The molecule has 1 saturated carbocycles. The van der Waals surface area contributed by atoms with Crippen molar-refractivity contribution in [1.29, 1.82) is 0 Å². The summed E-state index contributed by atoms with van der Waals surface area (Å²) in [5.41, 5.74) is 0.631. The fourth-order valence-corrected chi connectivity index (χ4v) is 2.01. The molecule has 24 heavy (non-hydrogen) atoms. The van der Waals surface area contributed by atoms with Crippen molar-refractivity contribution in [1.82, 2.24) is 10.6 Å². The number of amides is 3. The van der Waals surface area contributed by atoms with E-state index in [2.05, 4.69) is 16.0 Å². The van der Waals surface area contributed by atoms with Gasteiger partial charge in [-0.05, 0) is 31.0 Å². The number of hydrogen-bond donors (Lipinski definition) is 3. The first-order valence-corrected chi connectivity index (χ1v) is 8.25. The second-order valence-corrected chi connectivity index (χ2v) is 7.13. The van der Waals surface area contributed by atoms with E-state index in [4.69, 9.17) is 0 Å². The Morgan fingerprint density at radius 1 is 1.17 bits per heavy atom. The highest BCUT2D eigenvalue weighted by Gasteiger charge is 2.24. The number of carbonyl (C=O) groups excluding carboxylic acids is 3. The first-order valence-electron chi connectivity index (χ1n) is 8.25. The lowest BCUT2D eigenvalue weighted by Crippen LogP contribution is -2.36. The van der Waals surface area contributed by atoms with Crippen LogP contribution >= 0.6 is 0 Å². The average Bonchev–Trinajstić information content (AvgIpc) is 3.30. The van der Waals surface area contributed by atoms with E-state index in [0.29, 0.717) is 17.3 Å². The third kappa shape index (κ3) is 5.68. The van der Waals surface area contributed by atoms with Crippen LogP contribution in [-0.2, 0) is 9.59 Å². The third-order valence-corrected chi connectivity index (χ3v) is 3.64. The molecular formula is C18H25N3O3. The quantitative estimate of drug-likeness (QED) is 0.746. The Kier molecular flexibility index (Phi) is 5.59. The summed E-state index contributed by atoms with van der Waals surface area (Å²) in [5, 5.41) is 8.39. The van der Waals surface area contributed by atoms with Crippen LogP contribution in [0.4, 0.5) is 5.69 Å². The van der Waals surface area contributed by atoms with Gasteiger partial charge >= 0.3 is 0 Å². The van der Waals surface area contributed by atoms with E-state index in [1.807, 2.05) is 20.8 Å². The predicted octanol–water partition coefficient (Wildman–Crippen LogP) is 2.07. The minimum atomic E-state index is -0.472. The van der Waals surface area contributed by atoms with Crippen molar-refractivity contribution in [3.63, 3.8) is 0 Å². The van der Waals surface area contributed by atoms with Crippen molar-refractivity contribution < 1.29 is 14.4 Å². The third-order valence-electron chi connectivity index (χ3n) is 3.64. The van der Waals surface area contributed by atoms with Gasteiger partial charge in [-0.3, -0.25) is 14.4 Å². The van der Waals surface area contributed by atoms with Crippen molar-refractivity contribution in [2.45, 2.75) is 46.1 Å². The molecule has 6 nitrogen and oxygen atoms in total. The van der Waals surface area contributed by atoms with Gasteiger partial charge in [0.15, 0.2) is 0 Å². The molecule has 2 rings (SSSR count). The maximum absolute atomic E-state index is 12.0. The first-order chi connectivity index (χ1) is 11.3. The zero-order valence-corrected chi connectivity index (χ0v) is 14.4. The molecule has 0 spiro atoms. The number of carbonyl (C=O) groups is 3. The van der Waals surface area contributed by atoms with Crippen LogP contribution in [0, 0.1) is 5.41 Å². The molecule has 0 aliphatic heterocycles. The summed E-state index contributed by atoms with van der Waals surface area (Å²) < 4.78 is 0. The zero-order chi connectivity index (χ0) is 17.7. The molecule has 0 unspecified atom stereocenters. The van der Waals surface area contributed by atoms with Gasteiger partial charge in [0.25, 0.3) is 5.91 Å². The molecule has 1 aliphatic carbocycles. The Balaban J connectivity index is 1.81. The molecule has 0 aromatic heterocycles. The molecule has 0 bridgehead atoms. The number of hydrogen-bond acceptors (Lipinski definition) is 3. The first kappa shape index (κ1) is 18.0. The fraction of sp³-hybridized carbons (Fsp3) is 0.500. The fourth-order valence-electron chi connectivity index (χ4n) is 2.01. The van der Waals surface area contributed by atoms with Crippen LogP contribution in [0.25, 0.3) is 0 Å². The lowest BCUT2D eigenvalue weighted by atomic mass is 9.96. The van der Waals surface area contributed by atoms with Crippen molar-refractivity contribution in [2.75, 3.05) is 11.9 Å². The van der Waals surface area contributed by atoms with Crippen LogP contribution in [0.3, 0.4) is 0 Å². The Labute approximate surface area is 142 Å². The summed E-state index contributed by atoms with van der Waals surface area (Å²) in [6, 6.07) is 7.14. The van der Waals surface area contributed by atoms with Gasteiger partial charge in [0, 0.05) is 35.7 Å². The summed E-state index contributed by atoms with van der Waals surface area (Å²) in [6.45, 7) is 5.74. The molecule has 0 heterocycles. The molecule has 6 heteroatoms. The van der Waals surface area contributed by atoms with Crippen LogP contribution in [0.1, 0.15) is 50.4 Å². The summed E-state index contributed by atoms with van der Waals surface area (Å²) >= 11 is 0. The largest absolute Gasteiger partial charge is 0.355 e. The van der Waals surface area contributed by atoms with E-state index in [-0.39, 0.29) is 30.7 Å². The Bertz CT molecular complexity index is 631. The molecule has 0 radical (unpaired) electrons. The maximum atomic E-state index is 12.0. The lowest BCUT2D eigenvalue weighted by molar-refractivity contribution is -0.128. The summed E-state index contributed by atoms with van der Waals surface area (Å²) in [7, 11) is 0. The van der Waals surface area contributed by atoms with E-state index >= 15 is 0 Å². The van der Waals surface area contributed by atoms with Gasteiger partial charge in [-0.2, -0.15) is 0 Å². The highest BCUT2D eigenvalue weighted by molar-refractivity contribution is 5.97. The van der Waals surface area contributed by atoms with Gasteiger partial charge < -0.3 is 16.0 Å². The van der Waals surface area contributed by atoms with Gasteiger partial charge in [0.1, 0.15) is 0 Å². The molecule has 3 amide bonds. The Hall–Kier alpha value is -2.37. The van der Waals surface area contributed by atoms with Gasteiger partial charge in [0.2, 0.25) is 11.8 Å². The van der Waals surface area contributed by atoms with Crippen molar-refractivity contribution in [2.24, 2.45) is 5.41 Å². The second kappa shape index (κ2) is 7.47. The molecule has 1 aromatic carbocycles. The SMILES string of the molecule is CC(C)(C)C(=O)NCCC(=O)Nc1cccc(C(=O)NC2CC2)c1. The number of nitrogens with one attached hydrogen (secondary N) is 3. The van der Waals surface area contributed by atoms with Crippen LogP contribution in [0.5, 0.6) is 0 Å². The topological polar surface area (TPSA) is 87.3 Å². The Morgan fingerprint density at radius 2 is 1.88 bits per heavy atom. The van der Waals surface area contributed by atoms with E-state index in [1.54, 1.807) is 24.3 Å². The molecule has 0 saturated heterocycles. The summed E-state index contributed by atoms with van der Waals surface area (Å²) in [6.07, 6.45) is 2.24. The van der Waals surface area contributed by atoms with Crippen molar-refractivity contribution in [3.05, 3.63) is 29.8 Å². The summed E-state index contributed by atoms with van der Waals surface area (Å²) in [5.74, 6) is -0.413. The van der Waals surface area contributed by atoms with Crippen LogP contribution < -0.4 is 16.0 Å². The smallest absolute Gasteiger partial charge is 0.251 e. The summed E-state index contributed by atoms with van der Waals surface area (Å²) in [4.78, 5) is 35.7. The standard InChI is InChI=1S/C18H25N3O3/c1-18(2,3)17(24)19-10-9-15(22)20-14-6-4-5-12(11-14)16(23)21-13-7-8-13/h4-6,11,13H,7-10H2,1-3H3,(H,19,24)(H,20,22)(H,21,23). The zero-order valence-electron chi connectivity index (χ0n) is 14.4. The minimum Gasteiger partial charge on any atom is -0.355 e. The van der Waals surface area contributed by atoms with Crippen LogP contribution in [0.2, 0.25) is 0 Å². The van der Waals surface area contributed by atoms with Gasteiger partial charge in [-0.1, -0.05) is 26.8 Å². The second-order valence-electron chi connectivity index (χ2n) is 7.13. The predicted molar refractivity (Wildman–Crippen MR) is 92.6 cm³/mol. The van der Waals surface area contributed by atoms with Crippen LogP contribution in [0.15, 0.2) is 24.3 Å². The number of benzene rings is 1. The maximum Gasteiger partial charge on any atom is 0.251 e. The lowest BCUT2D eigenvalue weighted by Gasteiger charge is -2.17. The highest BCUT2D eigenvalue weighted by Crippen LogP contribution is 2.20. The Morgan fingerprint density at radius 3 is 2.50 bits per heavy atom. The molecule has 0 atom stereocenters. The van der Waals surface area contributed by atoms with E-state index in [0.717, 1.165) is 12.8 Å². The molecule has 3 N–H and O–H groups in total. The van der Waals surface area contributed by atoms with Gasteiger partial charge in [-0.15, -0.1) is 0 Å². The minimum absolute atomic E-state index is 0.0888.